The number of nitrogens with two attached hydrogens (primary N) is 1. The number of benzene rings is 2. The lowest BCUT2D eigenvalue weighted by Gasteiger charge is -2.38. The minimum Gasteiger partial charge on any atom is -0.364 e. The van der Waals surface area contributed by atoms with Crippen molar-refractivity contribution >= 4 is 51.7 Å². The highest BCUT2D eigenvalue weighted by Crippen LogP contribution is 2.51. The van der Waals surface area contributed by atoms with E-state index in [2.05, 4.69) is 10.2 Å². The van der Waals surface area contributed by atoms with Crippen LogP contribution in [0.5, 0.6) is 0 Å². The highest BCUT2D eigenvalue weighted by molar-refractivity contribution is 6.33. The first-order valence-electron chi connectivity index (χ1n) is 12.2. The highest BCUT2D eigenvalue weighted by Gasteiger charge is 2.53. The topological polar surface area (TPSA) is 129 Å². The Hall–Kier alpha value is -3.93. The second-order valence-corrected chi connectivity index (χ2v) is 10.2. The number of ketones is 1. The van der Waals surface area contributed by atoms with Gasteiger partial charge in [0.2, 0.25) is 5.91 Å². The lowest BCUT2D eigenvalue weighted by molar-refractivity contribution is -0.142. The van der Waals surface area contributed by atoms with Crippen molar-refractivity contribution in [1.82, 2.24) is 15.1 Å². The lowest BCUT2D eigenvalue weighted by Crippen LogP contribution is -2.50. The van der Waals surface area contributed by atoms with Gasteiger partial charge in [-0.2, -0.15) is 18.3 Å². The molecule has 2 aliphatic heterocycles. The molecule has 1 aromatic heterocycles. The zero-order valence-corrected chi connectivity index (χ0v) is 21.2. The number of amides is 3. The molecule has 3 aromatic rings. The molecule has 3 amide bonds. The highest BCUT2D eigenvalue weighted by atomic mass is 35.5. The first kappa shape index (κ1) is 26.7. The van der Waals surface area contributed by atoms with Crippen LogP contribution in [0.25, 0.3) is 10.9 Å². The number of H-pyrrole nitrogens is 1. The summed E-state index contributed by atoms with van der Waals surface area (Å²) in [6.45, 7) is -0.103. The van der Waals surface area contributed by atoms with Crippen LogP contribution in [0.1, 0.15) is 52.1 Å². The number of alkyl halides is 3. The Morgan fingerprint density at radius 2 is 1.85 bits per heavy atom. The van der Waals surface area contributed by atoms with Gasteiger partial charge >= 0.3 is 6.18 Å². The Morgan fingerprint density at radius 1 is 1.13 bits per heavy atom. The zero-order valence-electron chi connectivity index (χ0n) is 20.5. The first-order chi connectivity index (χ1) is 18.4. The number of anilines is 1. The van der Waals surface area contributed by atoms with Crippen molar-refractivity contribution < 1.29 is 32.3 Å². The van der Waals surface area contributed by atoms with Crippen LogP contribution in [0.3, 0.4) is 0 Å². The van der Waals surface area contributed by atoms with E-state index in [9.17, 15) is 32.3 Å². The molecule has 39 heavy (non-hydrogen) atoms. The van der Waals surface area contributed by atoms with Crippen LogP contribution in [0.2, 0.25) is 5.02 Å². The summed E-state index contributed by atoms with van der Waals surface area (Å²) < 4.78 is 37.8. The number of likely N-dealkylation sites (tertiary alicyclic amines) is 1. The van der Waals surface area contributed by atoms with E-state index in [0.29, 0.717) is 32.7 Å². The van der Waals surface area contributed by atoms with Gasteiger partial charge in [0.05, 0.1) is 23.9 Å². The van der Waals surface area contributed by atoms with Gasteiger partial charge in [0.25, 0.3) is 11.8 Å². The van der Waals surface area contributed by atoms with Crippen LogP contribution in [-0.4, -0.2) is 64.4 Å². The van der Waals surface area contributed by atoms with Crippen LogP contribution in [-0.2, 0) is 15.0 Å². The van der Waals surface area contributed by atoms with Crippen LogP contribution >= 0.6 is 11.6 Å². The molecule has 0 radical (unpaired) electrons. The number of carbonyl (C=O) groups excluding carboxylic acids is 4. The maximum absolute atomic E-state index is 13.7. The minimum atomic E-state index is -4.48. The van der Waals surface area contributed by atoms with E-state index in [-0.39, 0.29) is 37.5 Å². The van der Waals surface area contributed by atoms with Crippen LogP contribution < -0.4 is 10.6 Å². The SMILES string of the molecule is NC(=O)c1n[nH]c2ccc(C(=O)N3CCC4(CC3)C(=O)N(CC(=O)CCC(F)(F)F)c3cccc(Cl)c34)cc12. The fraction of sp³-hybridized carbons (Fsp3) is 0.346. The van der Waals surface area contributed by atoms with E-state index >= 15 is 0 Å². The smallest absolute Gasteiger partial charge is 0.364 e. The van der Waals surface area contributed by atoms with E-state index in [4.69, 9.17) is 17.3 Å². The van der Waals surface area contributed by atoms with Crippen molar-refractivity contribution in [1.29, 1.82) is 0 Å². The van der Waals surface area contributed by atoms with E-state index in [1.54, 1.807) is 35.2 Å². The summed E-state index contributed by atoms with van der Waals surface area (Å²) >= 11 is 6.52. The largest absolute Gasteiger partial charge is 0.389 e. The van der Waals surface area contributed by atoms with E-state index in [1.807, 2.05) is 0 Å². The van der Waals surface area contributed by atoms with Crippen molar-refractivity contribution in [2.45, 2.75) is 37.3 Å². The number of hydrogen-bond acceptors (Lipinski definition) is 5. The standard InChI is InChI=1S/C26H23ClF3N5O4/c27-17-2-1-3-19-20(17)25(24(39)35(19)13-15(36)6-7-26(28,29)30)8-10-34(11-9-25)23(38)14-4-5-18-16(12-14)21(22(31)37)33-32-18/h1-5,12H,6-11,13H2,(H2,31,37)(H,32,33). The summed E-state index contributed by atoms with van der Waals surface area (Å²) in [6, 6.07) is 9.62. The molecule has 13 heteroatoms. The Balaban J connectivity index is 1.37. The summed E-state index contributed by atoms with van der Waals surface area (Å²) in [5, 5.41) is 7.31. The molecule has 9 nitrogen and oxygen atoms in total. The number of aromatic amines is 1. The number of Topliss-reactive ketones (excluding diaryl/α,β-unsaturated/α-hetero) is 1. The predicted molar refractivity (Wildman–Crippen MR) is 136 cm³/mol. The van der Waals surface area contributed by atoms with Crippen molar-refractivity contribution in [2.75, 3.05) is 24.5 Å². The van der Waals surface area contributed by atoms with Gasteiger partial charge in [0.1, 0.15) is 0 Å². The van der Waals surface area contributed by atoms with Crippen LogP contribution in [0.4, 0.5) is 18.9 Å². The second-order valence-electron chi connectivity index (χ2n) is 9.75. The summed E-state index contributed by atoms with van der Waals surface area (Å²) in [5.41, 5.74) is 6.06. The quantitative estimate of drug-likeness (QED) is 0.473. The normalized spacial score (nSPS) is 16.7. The number of nitrogens with zero attached hydrogens (tertiary/aromatic N) is 3. The lowest BCUT2D eigenvalue weighted by atomic mass is 9.73. The fourth-order valence-corrected chi connectivity index (χ4v) is 5.80. The molecule has 2 aliphatic rings. The fourth-order valence-electron chi connectivity index (χ4n) is 5.45. The van der Waals surface area contributed by atoms with Crippen molar-refractivity contribution in [3.63, 3.8) is 0 Å². The van der Waals surface area contributed by atoms with Gasteiger partial charge < -0.3 is 15.5 Å². The molecule has 204 valence electrons. The molecule has 0 aliphatic carbocycles. The number of hydrogen-bond donors (Lipinski definition) is 2. The van der Waals surface area contributed by atoms with Gasteiger partial charge in [-0.3, -0.25) is 24.3 Å². The number of primary amides is 1. The van der Waals surface area contributed by atoms with Gasteiger partial charge in [-0.15, -0.1) is 0 Å². The third-order valence-electron chi connectivity index (χ3n) is 7.38. The van der Waals surface area contributed by atoms with E-state index in [0.717, 1.165) is 0 Å². The molecule has 0 bridgehead atoms. The average molecular weight is 562 g/mol. The number of nitrogens with one attached hydrogen (secondary N) is 1. The molecule has 0 saturated carbocycles. The van der Waals surface area contributed by atoms with Gasteiger partial charge in [-0.05, 0) is 43.2 Å². The van der Waals surface area contributed by atoms with Gasteiger partial charge in [-0.1, -0.05) is 17.7 Å². The van der Waals surface area contributed by atoms with Gasteiger partial charge in [0.15, 0.2) is 11.5 Å². The molecule has 2 aromatic carbocycles. The van der Waals surface area contributed by atoms with Crippen molar-refractivity contribution in [2.24, 2.45) is 5.73 Å². The molecule has 0 unspecified atom stereocenters. The van der Waals surface area contributed by atoms with Crippen molar-refractivity contribution in [3.8, 4) is 0 Å². The summed E-state index contributed by atoms with van der Waals surface area (Å²) in [4.78, 5) is 53.9. The third-order valence-corrected chi connectivity index (χ3v) is 7.70. The summed E-state index contributed by atoms with van der Waals surface area (Å²) in [7, 11) is 0. The number of fused-ring (bicyclic) bond motifs is 3. The molecule has 5 rings (SSSR count). The van der Waals surface area contributed by atoms with Crippen molar-refractivity contribution in [3.05, 3.63) is 58.2 Å². The third kappa shape index (κ3) is 4.73. The molecule has 1 fully saturated rings. The Bertz CT molecular complexity index is 1510. The Morgan fingerprint density at radius 3 is 2.51 bits per heavy atom. The Labute approximate surface area is 225 Å². The molecule has 1 spiro atoms. The van der Waals surface area contributed by atoms with E-state index in [1.165, 1.54) is 11.0 Å². The van der Waals surface area contributed by atoms with Gasteiger partial charge in [0, 0.05) is 46.7 Å². The predicted octanol–water partition coefficient (Wildman–Crippen LogP) is 3.75. The molecule has 3 heterocycles. The zero-order chi connectivity index (χ0) is 28.1. The Kier molecular flexibility index (Phi) is 6.61. The number of halogens is 4. The molecule has 3 N–H and O–H groups in total. The molecular formula is C26H23ClF3N5O4. The van der Waals surface area contributed by atoms with Crippen LogP contribution in [0, 0.1) is 0 Å². The molecule has 1 saturated heterocycles. The average Bonchev–Trinajstić information content (AvgIpc) is 3.41. The maximum Gasteiger partial charge on any atom is 0.389 e. The minimum absolute atomic E-state index is 0.0184. The summed E-state index contributed by atoms with van der Waals surface area (Å²) in [6.07, 6.45) is -6.04. The van der Waals surface area contributed by atoms with Gasteiger partial charge in [-0.25, -0.2) is 0 Å². The number of aromatic nitrogens is 2. The number of piperidine rings is 1. The second kappa shape index (κ2) is 9.67. The van der Waals surface area contributed by atoms with Crippen LogP contribution in [0.15, 0.2) is 36.4 Å². The number of rotatable bonds is 6. The molecule has 0 atom stereocenters. The van der Waals surface area contributed by atoms with E-state index < -0.39 is 48.6 Å². The number of carbonyl (C=O) groups is 4. The monoisotopic (exact) mass is 561 g/mol. The molecular weight excluding hydrogens is 539 g/mol. The summed E-state index contributed by atoms with van der Waals surface area (Å²) in [5.74, 6) is -2.17. The first-order valence-corrected chi connectivity index (χ1v) is 12.6. The maximum atomic E-state index is 13.7.